The number of amides is 1. The first-order valence-corrected chi connectivity index (χ1v) is 9.29. The van der Waals surface area contributed by atoms with Crippen molar-refractivity contribution < 1.29 is 19.4 Å². The van der Waals surface area contributed by atoms with Crippen molar-refractivity contribution in [3.63, 3.8) is 0 Å². The number of nitrogens with one attached hydrogen (secondary N) is 2. The fourth-order valence-electron chi connectivity index (χ4n) is 2.89. The van der Waals surface area contributed by atoms with Crippen molar-refractivity contribution in [1.29, 1.82) is 0 Å². The van der Waals surface area contributed by atoms with Crippen LogP contribution in [-0.4, -0.2) is 46.3 Å². The summed E-state index contributed by atoms with van der Waals surface area (Å²) in [6, 6.07) is 14.4. The number of hydrogen-bond acceptors (Lipinski definition) is 6. The number of anilines is 1. The Morgan fingerprint density at radius 3 is 2.59 bits per heavy atom. The molecule has 0 saturated carbocycles. The minimum absolute atomic E-state index is 0.0862. The molecule has 29 heavy (non-hydrogen) atoms. The molecule has 0 aliphatic heterocycles. The number of aliphatic hydroxyl groups excluding tert-OH is 1. The molecule has 2 aromatic carbocycles. The molecule has 152 valence electrons. The van der Waals surface area contributed by atoms with Crippen molar-refractivity contribution in [3.05, 3.63) is 59.7 Å². The summed E-state index contributed by atoms with van der Waals surface area (Å²) in [4.78, 5) is 28.5. The van der Waals surface area contributed by atoms with Gasteiger partial charge in [-0.1, -0.05) is 24.3 Å². The number of benzene rings is 2. The Hall–Kier alpha value is -3.39. The maximum atomic E-state index is 12.5. The summed E-state index contributed by atoms with van der Waals surface area (Å²) < 4.78 is 6.46. The lowest BCUT2D eigenvalue weighted by Gasteiger charge is -2.12. The molecule has 8 nitrogen and oxygen atoms in total. The number of aliphatic hydroxyl groups is 1. The number of esters is 1. The molecule has 0 saturated heterocycles. The fraction of sp³-hybridized carbons (Fsp3) is 0.286. The van der Waals surface area contributed by atoms with E-state index in [0.29, 0.717) is 24.6 Å². The van der Waals surface area contributed by atoms with Crippen molar-refractivity contribution >= 4 is 28.9 Å². The van der Waals surface area contributed by atoms with E-state index in [1.807, 2.05) is 24.3 Å². The van der Waals surface area contributed by atoms with E-state index in [4.69, 9.17) is 0 Å². The Bertz CT molecular complexity index is 996. The third kappa shape index (κ3) is 5.11. The second-order valence-electron chi connectivity index (χ2n) is 6.71. The SMILES string of the molecule is COC(=O)c1ccc(CNC(=O)Cn2c(NC[C@H](C)O)nc3ccccc32)cc1. The van der Waals surface area contributed by atoms with Gasteiger partial charge >= 0.3 is 5.97 Å². The molecule has 1 heterocycles. The first kappa shape index (κ1) is 20.3. The molecule has 1 aromatic heterocycles. The average Bonchev–Trinajstić information content (AvgIpc) is 3.08. The summed E-state index contributed by atoms with van der Waals surface area (Å²) in [5.41, 5.74) is 2.93. The summed E-state index contributed by atoms with van der Waals surface area (Å²) in [5.74, 6) is -0.0419. The second kappa shape index (κ2) is 9.20. The molecule has 0 unspecified atom stereocenters. The Morgan fingerprint density at radius 1 is 1.17 bits per heavy atom. The smallest absolute Gasteiger partial charge is 0.337 e. The van der Waals surface area contributed by atoms with Crippen LogP contribution in [0.2, 0.25) is 0 Å². The highest BCUT2D eigenvalue weighted by atomic mass is 16.5. The number of imidazole rings is 1. The van der Waals surface area contributed by atoms with Gasteiger partial charge in [0.25, 0.3) is 0 Å². The lowest BCUT2D eigenvalue weighted by molar-refractivity contribution is -0.121. The van der Waals surface area contributed by atoms with Crippen LogP contribution in [0.5, 0.6) is 0 Å². The zero-order chi connectivity index (χ0) is 20.8. The molecule has 3 rings (SSSR count). The third-order valence-electron chi connectivity index (χ3n) is 4.38. The Morgan fingerprint density at radius 2 is 1.90 bits per heavy atom. The number of rotatable bonds is 8. The predicted octanol–water partition coefficient (Wildman–Crippen LogP) is 1.93. The molecule has 0 aliphatic rings. The number of fused-ring (bicyclic) bond motifs is 1. The third-order valence-corrected chi connectivity index (χ3v) is 4.38. The first-order chi connectivity index (χ1) is 14.0. The second-order valence-corrected chi connectivity index (χ2v) is 6.71. The highest BCUT2D eigenvalue weighted by Crippen LogP contribution is 2.19. The van der Waals surface area contributed by atoms with Crippen molar-refractivity contribution in [2.75, 3.05) is 19.0 Å². The summed E-state index contributed by atoms with van der Waals surface area (Å²) in [6.45, 7) is 2.43. The number of nitrogens with zero attached hydrogens (tertiary/aromatic N) is 2. The number of ether oxygens (including phenoxy) is 1. The van der Waals surface area contributed by atoms with Crippen molar-refractivity contribution in [2.45, 2.75) is 26.1 Å². The summed E-state index contributed by atoms with van der Waals surface area (Å²) in [7, 11) is 1.33. The van der Waals surface area contributed by atoms with Crippen LogP contribution in [0.25, 0.3) is 11.0 Å². The number of aromatic nitrogens is 2. The van der Waals surface area contributed by atoms with Crippen LogP contribution in [0.3, 0.4) is 0 Å². The molecule has 0 fully saturated rings. The van der Waals surface area contributed by atoms with Crippen LogP contribution in [0, 0.1) is 0 Å². The van der Waals surface area contributed by atoms with Crippen LogP contribution in [0.1, 0.15) is 22.8 Å². The molecule has 3 N–H and O–H groups in total. The quantitative estimate of drug-likeness (QED) is 0.503. The molecule has 1 amide bonds. The molecule has 8 heteroatoms. The largest absolute Gasteiger partial charge is 0.465 e. The van der Waals surface area contributed by atoms with Gasteiger partial charge in [0, 0.05) is 13.1 Å². The molecular weight excluding hydrogens is 372 g/mol. The molecule has 1 atom stereocenters. The van der Waals surface area contributed by atoms with Gasteiger partial charge in [-0.05, 0) is 36.8 Å². The highest BCUT2D eigenvalue weighted by Gasteiger charge is 2.14. The maximum absolute atomic E-state index is 12.5. The normalized spacial score (nSPS) is 11.8. The minimum Gasteiger partial charge on any atom is -0.465 e. The van der Waals surface area contributed by atoms with Crippen molar-refractivity contribution in [3.8, 4) is 0 Å². The van der Waals surface area contributed by atoms with E-state index in [0.717, 1.165) is 16.6 Å². The maximum Gasteiger partial charge on any atom is 0.337 e. The number of carbonyl (C=O) groups excluding carboxylic acids is 2. The van der Waals surface area contributed by atoms with Gasteiger partial charge in [0.2, 0.25) is 11.9 Å². The van der Waals surface area contributed by atoms with Gasteiger partial charge in [0.05, 0.1) is 29.8 Å². The summed E-state index contributed by atoms with van der Waals surface area (Å²) in [6.07, 6.45) is -0.537. The Labute approximate surface area is 168 Å². The van der Waals surface area contributed by atoms with Crippen LogP contribution in [0.4, 0.5) is 5.95 Å². The molecule has 0 radical (unpaired) electrons. The molecule has 0 bridgehead atoms. The monoisotopic (exact) mass is 396 g/mol. The Kier molecular flexibility index (Phi) is 6.46. The number of para-hydroxylation sites is 2. The van der Waals surface area contributed by atoms with Gasteiger partial charge in [-0.3, -0.25) is 4.79 Å². The summed E-state index contributed by atoms with van der Waals surface area (Å²) >= 11 is 0. The minimum atomic E-state index is -0.537. The number of carbonyl (C=O) groups is 2. The van der Waals surface area contributed by atoms with Gasteiger partial charge in [0.15, 0.2) is 0 Å². The van der Waals surface area contributed by atoms with Crippen molar-refractivity contribution in [2.24, 2.45) is 0 Å². The topological polar surface area (TPSA) is 105 Å². The fourth-order valence-corrected chi connectivity index (χ4v) is 2.89. The van der Waals surface area contributed by atoms with E-state index in [9.17, 15) is 14.7 Å². The summed E-state index contributed by atoms with van der Waals surface area (Å²) in [5, 5.41) is 15.5. The van der Waals surface area contributed by atoms with Crippen LogP contribution in [0.15, 0.2) is 48.5 Å². The standard InChI is InChI=1S/C21H24N4O4/c1-14(26)11-23-21-24-17-5-3-4-6-18(17)25(21)13-19(27)22-12-15-7-9-16(10-8-15)20(28)29-2/h3-10,14,26H,11-13H2,1-2H3,(H,22,27)(H,23,24)/t14-/m0/s1. The Balaban J connectivity index is 1.67. The van der Waals surface area contributed by atoms with Gasteiger partial charge < -0.3 is 25.0 Å². The van der Waals surface area contributed by atoms with E-state index in [1.165, 1.54) is 7.11 Å². The van der Waals surface area contributed by atoms with E-state index >= 15 is 0 Å². The molecule has 0 aliphatic carbocycles. The lowest BCUT2D eigenvalue weighted by Crippen LogP contribution is -2.28. The lowest BCUT2D eigenvalue weighted by atomic mass is 10.1. The average molecular weight is 396 g/mol. The highest BCUT2D eigenvalue weighted by molar-refractivity contribution is 5.89. The molecule has 0 spiro atoms. The zero-order valence-corrected chi connectivity index (χ0v) is 16.4. The van der Waals surface area contributed by atoms with E-state index in [-0.39, 0.29) is 12.5 Å². The van der Waals surface area contributed by atoms with Crippen LogP contribution in [-0.2, 0) is 22.6 Å². The van der Waals surface area contributed by atoms with Crippen LogP contribution < -0.4 is 10.6 Å². The van der Waals surface area contributed by atoms with Gasteiger partial charge in [0.1, 0.15) is 6.54 Å². The zero-order valence-electron chi connectivity index (χ0n) is 16.4. The van der Waals surface area contributed by atoms with Gasteiger partial charge in [-0.2, -0.15) is 0 Å². The number of methoxy groups -OCH3 is 1. The van der Waals surface area contributed by atoms with Crippen LogP contribution >= 0.6 is 0 Å². The number of hydrogen-bond donors (Lipinski definition) is 3. The molecule has 3 aromatic rings. The predicted molar refractivity (Wildman–Crippen MR) is 110 cm³/mol. The van der Waals surface area contributed by atoms with E-state index in [1.54, 1.807) is 35.8 Å². The van der Waals surface area contributed by atoms with Gasteiger partial charge in [-0.25, -0.2) is 9.78 Å². The molecular formula is C21H24N4O4. The van der Waals surface area contributed by atoms with E-state index in [2.05, 4.69) is 20.4 Å². The van der Waals surface area contributed by atoms with Gasteiger partial charge in [-0.15, -0.1) is 0 Å². The first-order valence-electron chi connectivity index (χ1n) is 9.29. The van der Waals surface area contributed by atoms with Crippen molar-refractivity contribution in [1.82, 2.24) is 14.9 Å². The van der Waals surface area contributed by atoms with E-state index < -0.39 is 12.1 Å².